The summed E-state index contributed by atoms with van der Waals surface area (Å²) in [5, 5.41) is 0.810. The molecule has 1 rings (SSSR count). The quantitative estimate of drug-likeness (QED) is 0.357. The minimum Gasteiger partial charge on any atom is -0.358 e. The Balaban J connectivity index is -0.000000963. The topological polar surface area (TPSA) is 54.4 Å². The van der Waals surface area contributed by atoms with Crippen LogP contribution in [0.5, 0.6) is 0 Å². The summed E-state index contributed by atoms with van der Waals surface area (Å²) in [5.41, 5.74) is 0.839. The fourth-order valence-corrected chi connectivity index (χ4v) is 6.79. The first kappa shape index (κ1) is 25.2. The van der Waals surface area contributed by atoms with Crippen LogP contribution in [0.3, 0.4) is 0 Å². The van der Waals surface area contributed by atoms with Gasteiger partial charge in [-0.2, -0.15) is 8.42 Å². The molecule has 1 aromatic carbocycles. The summed E-state index contributed by atoms with van der Waals surface area (Å²) in [7, 11) is -5.13. The summed E-state index contributed by atoms with van der Waals surface area (Å²) in [6.45, 7) is 8.42. The molecular weight excluding hydrogens is 386 g/mol. The third kappa shape index (κ3) is 6.33. The second kappa shape index (κ2) is 10.0. The summed E-state index contributed by atoms with van der Waals surface area (Å²) < 4.78 is 32.0. The molecule has 0 heterocycles. The predicted molar refractivity (Wildman–Crippen MR) is 87.3 cm³/mol. The van der Waals surface area contributed by atoms with Crippen LogP contribution in [0.2, 0.25) is 0 Å². The van der Waals surface area contributed by atoms with Gasteiger partial charge < -0.3 is 14.9 Å². The molecule has 20 heavy (non-hydrogen) atoms. The third-order valence-corrected chi connectivity index (χ3v) is 7.36. The van der Waals surface area contributed by atoms with Crippen molar-refractivity contribution in [3.63, 3.8) is 0 Å². The smallest absolute Gasteiger partial charge is 0.358 e. The van der Waals surface area contributed by atoms with Crippen molar-refractivity contribution in [2.45, 2.75) is 43.9 Å². The molecule has 0 aliphatic heterocycles. The molecule has 0 aromatic heterocycles. The van der Waals surface area contributed by atoms with Gasteiger partial charge in [0.1, 0.15) is 10.2 Å². The van der Waals surface area contributed by atoms with Crippen LogP contribution in [0, 0.1) is 14.9 Å². The van der Waals surface area contributed by atoms with Gasteiger partial charge >= 0.3 is 20.4 Å². The molecule has 0 aliphatic rings. The molecule has 0 amide bonds. The van der Waals surface area contributed by atoms with Gasteiger partial charge in [-0.1, -0.05) is 12.1 Å². The second-order valence-corrected chi connectivity index (χ2v) is 9.88. The zero-order valence-electron chi connectivity index (χ0n) is 13.0. The van der Waals surface area contributed by atoms with Crippen molar-refractivity contribution in [1.29, 1.82) is 0 Å². The Bertz CT molecular complexity index is 479. The Kier molecular flexibility index (Phi) is 12.6. The molecule has 120 valence electrons. The van der Waals surface area contributed by atoms with Crippen LogP contribution in [-0.4, -0.2) is 24.3 Å². The van der Waals surface area contributed by atoms with Gasteiger partial charge in [-0.3, -0.25) is 4.55 Å². The average Bonchev–Trinajstić information content (AvgIpc) is 2.15. The molecule has 0 saturated carbocycles. The molecule has 0 unspecified atom stereocenters. The summed E-state index contributed by atoms with van der Waals surface area (Å²) in [5.74, 6) is 0. The normalized spacial score (nSPS) is 10.8. The van der Waals surface area contributed by atoms with Crippen LogP contribution in [0.25, 0.3) is 0 Å². The van der Waals surface area contributed by atoms with E-state index in [1.165, 1.54) is 6.07 Å². The summed E-state index contributed by atoms with van der Waals surface area (Å²) in [4.78, 5) is 0.0799. The molecule has 0 bridgehead atoms. The van der Waals surface area contributed by atoms with Gasteiger partial charge in [0.25, 0.3) is 10.1 Å². The first-order valence-corrected chi connectivity index (χ1v) is 8.78. The Hall–Kier alpha value is 0.222. The zero-order valence-corrected chi connectivity index (χ0v) is 16.3. The van der Waals surface area contributed by atoms with Gasteiger partial charge in [-0.15, -0.1) is 0 Å². The van der Waals surface area contributed by atoms with Crippen molar-refractivity contribution in [3.05, 3.63) is 39.1 Å². The number of hydrogen-bond acceptors (Lipinski definition) is 2. The van der Waals surface area contributed by atoms with Crippen LogP contribution in [0.1, 0.15) is 27.7 Å². The predicted octanol–water partition coefficient (Wildman–Crippen LogP) is 3.49. The Morgan fingerprint density at radius 2 is 1.40 bits per heavy atom. The summed E-state index contributed by atoms with van der Waals surface area (Å²) >= 11 is 0. The van der Waals surface area contributed by atoms with E-state index in [9.17, 15) is 13.0 Å². The Morgan fingerprint density at radius 3 is 1.75 bits per heavy atom. The Morgan fingerprint density at radius 1 is 1.00 bits per heavy atom. The van der Waals surface area contributed by atoms with E-state index in [4.69, 9.17) is 0 Å². The summed E-state index contributed by atoms with van der Waals surface area (Å²) in [6, 6.07) is 6.80. The van der Waals surface area contributed by atoms with Crippen LogP contribution >= 0.6 is 7.92 Å². The molecule has 0 saturated heterocycles. The maximum atomic E-state index is 11.4. The van der Waals surface area contributed by atoms with Crippen LogP contribution in [0.15, 0.2) is 29.2 Å². The first-order chi connectivity index (χ1) is 7.75. The van der Waals surface area contributed by atoms with Gasteiger partial charge in [0.2, 0.25) is 0 Å². The van der Waals surface area contributed by atoms with Gasteiger partial charge in [0, 0.05) is 7.92 Å². The van der Waals surface area contributed by atoms with Gasteiger partial charge in [-0.25, -0.2) is 0 Å². The molecule has 0 atom stereocenters. The minimum absolute atomic E-state index is 0. The average molecular weight is 412 g/mol. The fourth-order valence-electron chi connectivity index (χ4n) is 2.22. The van der Waals surface area contributed by atoms with E-state index >= 15 is 0 Å². The van der Waals surface area contributed by atoms with E-state index in [2.05, 4.69) is 27.7 Å². The van der Waals surface area contributed by atoms with Gasteiger partial charge in [0.05, 0.1) is 11.3 Å². The SMILES string of the molecule is CC(C)[PH+](c1ccccc1S(=O)(=O)O)C(C)C.[CH3-].[CH3-].[Pd+2]. The third-order valence-electron chi connectivity index (χ3n) is 2.72. The number of benzene rings is 1. The van der Waals surface area contributed by atoms with Crippen LogP contribution in [-0.2, 0) is 30.5 Å². The van der Waals surface area contributed by atoms with E-state index in [0.29, 0.717) is 11.3 Å². The molecule has 1 N–H and O–H groups in total. The molecular formula is C14H26O3PPdS+. The number of rotatable bonds is 4. The molecule has 0 fully saturated rings. The van der Waals surface area contributed by atoms with Crippen LogP contribution in [0.4, 0.5) is 0 Å². The maximum absolute atomic E-state index is 11.4. The van der Waals surface area contributed by atoms with Crippen molar-refractivity contribution < 1.29 is 33.4 Å². The largest absolute Gasteiger partial charge is 2.00 e. The zero-order chi connectivity index (χ0) is 13.2. The van der Waals surface area contributed by atoms with Gasteiger partial charge in [0.15, 0.2) is 0 Å². The van der Waals surface area contributed by atoms with Crippen molar-refractivity contribution in [2.75, 3.05) is 0 Å². The van der Waals surface area contributed by atoms with Crippen molar-refractivity contribution in [2.24, 2.45) is 0 Å². The van der Waals surface area contributed by atoms with E-state index in [0.717, 1.165) is 5.30 Å². The minimum atomic E-state index is -4.12. The number of hydrogen-bond donors (Lipinski definition) is 1. The Labute approximate surface area is 139 Å². The first-order valence-electron chi connectivity index (χ1n) is 5.68. The molecule has 1 aromatic rings. The fraction of sp³-hybridized carbons (Fsp3) is 0.429. The monoisotopic (exact) mass is 411 g/mol. The van der Waals surface area contributed by atoms with E-state index < -0.39 is 18.0 Å². The van der Waals surface area contributed by atoms with E-state index in [1.807, 2.05) is 12.1 Å². The van der Waals surface area contributed by atoms with Crippen LogP contribution < -0.4 is 5.30 Å². The van der Waals surface area contributed by atoms with E-state index in [-0.39, 0.29) is 40.2 Å². The van der Waals surface area contributed by atoms with Crippen molar-refractivity contribution in [1.82, 2.24) is 0 Å². The molecule has 0 spiro atoms. The second-order valence-electron chi connectivity index (χ2n) is 4.74. The molecule has 0 radical (unpaired) electrons. The van der Waals surface area contributed by atoms with Crippen molar-refractivity contribution in [3.8, 4) is 0 Å². The van der Waals surface area contributed by atoms with Crippen molar-refractivity contribution >= 4 is 23.3 Å². The summed E-state index contributed by atoms with van der Waals surface area (Å²) in [6.07, 6.45) is 0. The standard InChI is InChI=1S/C12H19O3PS.2CH3.Pd/c1-9(2)16(10(3)4)11-7-5-6-8-12(11)17(13,14)15;;;/h5-10H,1-4H3,(H,13,14,15);2*1H3;/q;2*-1;+2/p+1. The van der Waals surface area contributed by atoms with Gasteiger partial charge in [-0.05, 0) is 39.8 Å². The molecule has 0 aliphatic carbocycles. The van der Waals surface area contributed by atoms with E-state index in [1.54, 1.807) is 6.07 Å². The maximum Gasteiger partial charge on any atom is 2.00 e. The molecule has 6 heteroatoms. The molecule has 3 nitrogen and oxygen atoms in total.